The van der Waals surface area contributed by atoms with Crippen LogP contribution >= 0.6 is 23.1 Å². The van der Waals surface area contributed by atoms with Crippen LogP contribution in [0.15, 0.2) is 28.6 Å². The van der Waals surface area contributed by atoms with Crippen LogP contribution < -0.4 is 10.5 Å². The van der Waals surface area contributed by atoms with Crippen molar-refractivity contribution in [2.24, 2.45) is 0 Å². The van der Waals surface area contributed by atoms with E-state index >= 15 is 0 Å². The van der Waals surface area contributed by atoms with Gasteiger partial charge in [0.1, 0.15) is 17.4 Å². The molecule has 19 heavy (non-hydrogen) atoms. The highest BCUT2D eigenvalue weighted by molar-refractivity contribution is 8.01. The number of aromatic nitrogens is 2. The van der Waals surface area contributed by atoms with Crippen LogP contribution in [0.2, 0.25) is 0 Å². The normalized spacial score (nSPS) is 12.3. The summed E-state index contributed by atoms with van der Waals surface area (Å²) in [5.74, 6) is 1.23. The molecule has 0 saturated carbocycles. The molecule has 1 atom stereocenters. The van der Waals surface area contributed by atoms with Crippen LogP contribution in [0.4, 0.5) is 5.69 Å². The topological polar surface area (TPSA) is 81.3 Å². The third kappa shape index (κ3) is 4.70. The van der Waals surface area contributed by atoms with Gasteiger partial charge in [0.15, 0.2) is 4.34 Å². The van der Waals surface area contributed by atoms with E-state index in [-0.39, 0.29) is 6.61 Å². The maximum Gasteiger partial charge on any atom is 0.174 e. The molecule has 0 spiro atoms. The zero-order chi connectivity index (χ0) is 13.7. The third-order valence-electron chi connectivity index (χ3n) is 2.23. The summed E-state index contributed by atoms with van der Waals surface area (Å²) in [4.78, 5) is 0. The summed E-state index contributed by atoms with van der Waals surface area (Å²) in [7, 11) is 0. The summed E-state index contributed by atoms with van der Waals surface area (Å²) >= 11 is 3.00. The lowest BCUT2D eigenvalue weighted by molar-refractivity contribution is 0.126. The average molecular weight is 297 g/mol. The van der Waals surface area contributed by atoms with Gasteiger partial charge in [-0.2, -0.15) is 0 Å². The number of aliphatic hydroxyl groups excluding tert-OH is 1. The molecule has 5 nitrogen and oxygen atoms in total. The second-order valence-corrected chi connectivity index (χ2v) is 6.38. The zero-order valence-electron chi connectivity index (χ0n) is 10.4. The molecule has 0 saturated heterocycles. The number of aryl methyl sites for hydroxylation is 1. The van der Waals surface area contributed by atoms with Crippen LogP contribution in [0.1, 0.15) is 5.01 Å². The lowest BCUT2D eigenvalue weighted by Crippen LogP contribution is -2.20. The van der Waals surface area contributed by atoms with Crippen molar-refractivity contribution in [3.63, 3.8) is 0 Å². The van der Waals surface area contributed by atoms with E-state index in [9.17, 15) is 5.11 Å². The molecular weight excluding hydrogens is 282 g/mol. The number of nitrogens with zero attached hydrogens (tertiary/aromatic N) is 2. The van der Waals surface area contributed by atoms with Crippen molar-refractivity contribution in [3.8, 4) is 5.75 Å². The lowest BCUT2D eigenvalue weighted by atomic mass is 10.3. The molecule has 0 aliphatic heterocycles. The molecule has 2 rings (SSSR count). The SMILES string of the molecule is Cc1nnc(SCC(O)COc2ccc(N)cc2)s1. The monoisotopic (exact) mass is 297 g/mol. The quantitative estimate of drug-likeness (QED) is 0.626. The average Bonchev–Trinajstić information content (AvgIpc) is 2.81. The molecule has 7 heteroatoms. The summed E-state index contributed by atoms with van der Waals surface area (Å²) in [6.07, 6.45) is -0.549. The van der Waals surface area contributed by atoms with Gasteiger partial charge in [-0.05, 0) is 31.2 Å². The maximum absolute atomic E-state index is 9.82. The number of hydrogen-bond acceptors (Lipinski definition) is 7. The number of aliphatic hydroxyl groups is 1. The Kier molecular flexibility index (Phi) is 5.00. The van der Waals surface area contributed by atoms with Crippen molar-refractivity contribution in [3.05, 3.63) is 29.3 Å². The van der Waals surface area contributed by atoms with E-state index in [4.69, 9.17) is 10.5 Å². The van der Waals surface area contributed by atoms with Crippen LogP contribution in [0.3, 0.4) is 0 Å². The molecule has 1 unspecified atom stereocenters. The largest absolute Gasteiger partial charge is 0.491 e. The van der Waals surface area contributed by atoms with Gasteiger partial charge in [0, 0.05) is 11.4 Å². The molecule has 0 radical (unpaired) electrons. The highest BCUT2D eigenvalue weighted by Crippen LogP contribution is 2.22. The summed E-state index contributed by atoms with van der Waals surface area (Å²) in [5.41, 5.74) is 6.27. The number of thioether (sulfide) groups is 1. The Morgan fingerprint density at radius 2 is 2.11 bits per heavy atom. The van der Waals surface area contributed by atoms with Crippen molar-refractivity contribution in [1.29, 1.82) is 0 Å². The lowest BCUT2D eigenvalue weighted by Gasteiger charge is -2.11. The molecule has 0 amide bonds. The molecular formula is C12H15N3O2S2. The number of hydrogen-bond donors (Lipinski definition) is 2. The van der Waals surface area contributed by atoms with Crippen molar-refractivity contribution in [1.82, 2.24) is 10.2 Å². The Balaban J connectivity index is 1.72. The molecule has 0 aliphatic carbocycles. The van der Waals surface area contributed by atoms with Crippen LogP contribution in [-0.4, -0.2) is 33.8 Å². The van der Waals surface area contributed by atoms with Gasteiger partial charge in [-0.15, -0.1) is 10.2 Å². The van der Waals surface area contributed by atoms with Gasteiger partial charge in [0.25, 0.3) is 0 Å². The smallest absolute Gasteiger partial charge is 0.174 e. The number of ether oxygens (including phenoxy) is 1. The first-order chi connectivity index (χ1) is 9.13. The summed E-state index contributed by atoms with van der Waals surface area (Å²) in [6, 6.07) is 7.09. The van der Waals surface area contributed by atoms with Crippen molar-refractivity contribution in [2.45, 2.75) is 17.4 Å². The molecule has 1 heterocycles. The van der Waals surface area contributed by atoms with Crippen LogP contribution in [0.5, 0.6) is 5.75 Å². The minimum Gasteiger partial charge on any atom is -0.491 e. The zero-order valence-corrected chi connectivity index (χ0v) is 12.1. The second kappa shape index (κ2) is 6.74. The predicted octanol–water partition coefficient (Wildman–Crippen LogP) is 1.96. The Morgan fingerprint density at radius 1 is 1.37 bits per heavy atom. The molecule has 2 aromatic rings. The van der Waals surface area contributed by atoms with Gasteiger partial charge in [0.05, 0.1) is 6.10 Å². The van der Waals surface area contributed by atoms with Crippen molar-refractivity contribution in [2.75, 3.05) is 18.1 Å². The molecule has 102 valence electrons. The first kappa shape index (κ1) is 14.1. The number of nitrogen functional groups attached to an aromatic ring is 1. The van der Waals surface area contributed by atoms with Gasteiger partial charge in [-0.3, -0.25) is 0 Å². The fourth-order valence-electron chi connectivity index (χ4n) is 1.31. The van der Waals surface area contributed by atoms with E-state index in [1.165, 1.54) is 23.1 Å². The first-order valence-corrected chi connectivity index (χ1v) is 7.53. The molecule has 0 fully saturated rings. The molecule has 1 aromatic carbocycles. The third-order valence-corrected chi connectivity index (χ3v) is 4.35. The van der Waals surface area contributed by atoms with E-state index < -0.39 is 6.10 Å². The van der Waals surface area contributed by atoms with E-state index in [1.807, 2.05) is 6.92 Å². The number of benzene rings is 1. The number of anilines is 1. The molecule has 0 bridgehead atoms. The van der Waals surface area contributed by atoms with Gasteiger partial charge in [-0.25, -0.2) is 0 Å². The fourth-order valence-corrected chi connectivity index (χ4v) is 3.06. The minimum atomic E-state index is -0.549. The van der Waals surface area contributed by atoms with E-state index in [2.05, 4.69) is 10.2 Å². The summed E-state index contributed by atoms with van der Waals surface area (Å²) < 4.78 is 6.33. The Hall–Kier alpha value is -1.31. The van der Waals surface area contributed by atoms with Crippen LogP contribution in [-0.2, 0) is 0 Å². The standard InChI is InChI=1S/C12H15N3O2S2/c1-8-14-15-12(19-8)18-7-10(16)6-17-11-4-2-9(13)3-5-11/h2-5,10,16H,6-7,13H2,1H3. The van der Waals surface area contributed by atoms with Gasteiger partial charge in [0.2, 0.25) is 0 Å². The summed E-state index contributed by atoms with van der Waals surface area (Å²) in [6.45, 7) is 2.15. The van der Waals surface area contributed by atoms with Crippen LogP contribution in [0, 0.1) is 6.92 Å². The second-order valence-electron chi connectivity index (χ2n) is 3.93. The van der Waals surface area contributed by atoms with Crippen molar-refractivity contribution < 1.29 is 9.84 Å². The first-order valence-electron chi connectivity index (χ1n) is 5.73. The predicted molar refractivity (Wildman–Crippen MR) is 77.7 cm³/mol. The number of nitrogens with two attached hydrogens (primary N) is 1. The van der Waals surface area contributed by atoms with Gasteiger partial charge in [-0.1, -0.05) is 23.1 Å². The molecule has 0 aliphatic rings. The Bertz CT molecular complexity index is 516. The van der Waals surface area contributed by atoms with E-state index in [1.54, 1.807) is 24.3 Å². The number of rotatable bonds is 6. The van der Waals surface area contributed by atoms with Crippen LogP contribution in [0.25, 0.3) is 0 Å². The minimum absolute atomic E-state index is 0.245. The van der Waals surface area contributed by atoms with Gasteiger partial charge >= 0.3 is 0 Å². The molecule has 1 aromatic heterocycles. The van der Waals surface area contributed by atoms with E-state index in [0.29, 0.717) is 17.2 Å². The highest BCUT2D eigenvalue weighted by atomic mass is 32.2. The summed E-state index contributed by atoms with van der Waals surface area (Å²) in [5, 5.41) is 18.6. The fraction of sp³-hybridized carbons (Fsp3) is 0.333. The van der Waals surface area contributed by atoms with E-state index in [0.717, 1.165) is 9.35 Å². The Labute approximate surface area is 119 Å². The Morgan fingerprint density at radius 3 is 2.74 bits per heavy atom. The molecule has 3 N–H and O–H groups in total. The highest BCUT2D eigenvalue weighted by Gasteiger charge is 2.09. The van der Waals surface area contributed by atoms with Crippen molar-refractivity contribution >= 4 is 28.8 Å². The van der Waals surface area contributed by atoms with Gasteiger partial charge < -0.3 is 15.6 Å². The maximum atomic E-state index is 9.82.